The minimum Gasteiger partial charge on any atom is -0.356 e. The van der Waals surface area contributed by atoms with Gasteiger partial charge in [0.05, 0.1) is 6.07 Å². The molecule has 0 aromatic rings. The van der Waals surface area contributed by atoms with Gasteiger partial charge in [-0.15, -0.1) is 0 Å². The molecule has 0 atom stereocenters. The van der Waals surface area contributed by atoms with Gasteiger partial charge >= 0.3 is 0 Å². The Morgan fingerprint density at radius 1 is 1.25 bits per heavy atom. The molecule has 1 saturated carbocycles. The van der Waals surface area contributed by atoms with Gasteiger partial charge in [0.15, 0.2) is 0 Å². The normalized spacial score (nSPS) is 16.7. The van der Waals surface area contributed by atoms with Gasteiger partial charge in [0.2, 0.25) is 5.91 Å². The SMILES string of the molecule is N#CCCCCNC(=O)CC1CCCCC1. The number of nitrogens with zero attached hydrogens (tertiary/aromatic N) is 1. The summed E-state index contributed by atoms with van der Waals surface area (Å²) in [6, 6.07) is 2.11. The Morgan fingerprint density at radius 3 is 2.69 bits per heavy atom. The highest BCUT2D eigenvalue weighted by atomic mass is 16.1. The molecule has 0 aromatic heterocycles. The van der Waals surface area contributed by atoms with Crippen molar-refractivity contribution in [1.29, 1.82) is 5.26 Å². The number of rotatable bonds is 6. The van der Waals surface area contributed by atoms with Gasteiger partial charge in [0, 0.05) is 19.4 Å². The summed E-state index contributed by atoms with van der Waals surface area (Å²) >= 11 is 0. The smallest absolute Gasteiger partial charge is 0.220 e. The van der Waals surface area contributed by atoms with Crippen LogP contribution in [0.25, 0.3) is 0 Å². The lowest BCUT2D eigenvalue weighted by Crippen LogP contribution is -2.27. The molecule has 1 aliphatic rings. The van der Waals surface area contributed by atoms with Crippen LogP contribution in [0, 0.1) is 17.2 Å². The van der Waals surface area contributed by atoms with Gasteiger partial charge in [0.25, 0.3) is 0 Å². The van der Waals surface area contributed by atoms with Crippen LogP contribution >= 0.6 is 0 Å². The Balaban J connectivity index is 1.99. The summed E-state index contributed by atoms with van der Waals surface area (Å²) in [7, 11) is 0. The van der Waals surface area contributed by atoms with Gasteiger partial charge in [-0.05, 0) is 31.6 Å². The molecule has 1 aliphatic carbocycles. The van der Waals surface area contributed by atoms with Crippen LogP contribution in [0.4, 0.5) is 0 Å². The van der Waals surface area contributed by atoms with Gasteiger partial charge in [-0.1, -0.05) is 19.3 Å². The maximum Gasteiger partial charge on any atom is 0.220 e. The van der Waals surface area contributed by atoms with Crippen molar-refractivity contribution < 1.29 is 4.79 Å². The second-order valence-electron chi connectivity index (χ2n) is 4.67. The molecule has 0 aromatic carbocycles. The highest BCUT2D eigenvalue weighted by Crippen LogP contribution is 2.25. The van der Waals surface area contributed by atoms with E-state index in [0.29, 0.717) is 18.8 Å². The van der Waals surface area contributed by atoms with E-state index < -0.39 is 0 Å². The van der Waals surface area contributed by atoms with E-state index in [1.165, 1.54) is 32.1 Å². The molecule has 3 heteroatoms. The number of unbranched alkanes of at least 4 members (excludes halogenated alkanes) is 2. The van der Waals surface area contributed by atoms with Gasteiger partial charge < -0.3 is 5.32 Å². The zero-order valence-electron chi connectivity index (χ0n) is 10.0. The van der Waals surface area contributed by atoms with E-state index in [1.54, 1.807) is 0 Å². The van der Waals surface area contributed by atoms with Crippen molar-refractivity contribution in [3.05, 3.63) is 0 Å². The average Bonchev–Trinajstić information content (AvgIpc) is 2.30. The number of nitrogens with one attached hydrogen (secondary N) is 1. The van der Waals surface area contributed by atoms with E-state index in [-0.39, 0.29) is 5.91 Å². The summed E-state index contributed by atoms with van der Waals surface area (Å²) in [5.74, 6) is 0.816. The van der Waals surface area contributed by atoms with Crippen molar-refractivity contribution in [2.24, 2.45) is 5.92 Å². The molecule has 0 unspecified atom stereocenters. The molecule has 0 heterocycles. The number of carbonyl (C=O) groups is 1. The van der Waals surface area contributed by atoms with Crippen LogP contribution in [0.1, 0.15) is 57.8 Å². The molecule has 1 fully saturated rings. The molecule has 16 heavy (non-hydrogen) atoms. The molecular formula is C13H22N2O. The topological polar surface area (TPSA) is 52.9 Å². The van der Waals surface area contributed by atoms with Crippen molar-refractivity contribution in [3.63, 3.8) is 0 Å². The minimum absolute atomic E-state index is 0.198. The summed E-state index contributed by atoms with van der Waals surface area (Å²) in [5.41, 5.74) is 0. The van der Waals surface area contributed by atoms with Crippen LogP contribution < -0.4 is 5.32 Å². The van der Waals surface area contributed by atoms with Crippen LogP contribution in [0.2, 0.25) is 0 Å². The Kier molecular flexibility index (Phi) is 6.64. The highest BCUT2D eigenvalue weighted by Gasteiger charge is 2.16. The molecule has 0 radical (unpaired) electrons. The Morgan fingerprint density at radius 2 is 2.00 bits per heavy atom. The first-order chi connectivity index (χ1) is 7.83. The first-order valence-electron chi connectivity index (χ1n) is 6.46. The lowest BCUT2D eigenvalue weighted by Gasteiger charge is -2.20. The monoisotopic (exact) mass is 222 g/mol. The van der Waals surface area contributed by atoms with Crippen LogP contribution in [-0.2, 0) is 4.79 Å². The van der Waals surface area contributed by atoms with Crippen molar-refractivity contribution in [1.82, 2.24) is 5.32 Å². The van der Waals surface area contributed by atoms with Crippen LogP contribution in [0.3, 0.4) is 0 Å². The van der Waals surface area contributed by atoms with Gasteiger partial charge in [-0.25, -0.2) is 0 Å². The molecule has 0 saturated heterocycles. The lowest BCUT2D eigenvalue weighted by atomic mass is 9.87. The molecule has 90 valence electrons. The molecule has 1 rings (SSSR count). The second-order valence-corrected chi connectivity index (χ2v) is 4.67. The number of nitriles is 1. The van der Waals surface area contributed by atoms with E-state index in [4.69, 9.17) is 5.26 Å². The maximum absolute atomic E-state index is 11.6. The van der Waals surface area contributed by atoms with Crippen LogP contribution in [0.15, 0.2) is 0 Å². The lowest BCUT2D eigenvalue weighted by molar-refractivity contribution is -0.122. The fraction of sp³-hybridized carbons (Fsp3) is 0.846. The van der Waals surface area contributed by atoms with E-state index in [1.807, 2.05) is 0 Å². The third kappa shape index (κ3) is 5.75. The van der Waals surface area contributed by atoms with Crippen molar-refractivity contribution in [3.8, 4) is 6.07 Å². The number of hydrogen-bond donors (Lipinski definition) is 1. The van der Waals surface area contributed by atoms with E-state index >= 15 is 0 Å². The maximum atomic E-state index is 11.6. The summed E-state index contributed by atoms with van der Waals surface area (Å²) < 4.78 is 0. The first-order valence-corrected chi connectivity index (χ1v) is 6.46. The predicted molar refractivity (Wildman–Crippen MR) is 63.7 cm³/mol. The molecule has 0 aliphatic heterocycles. The number of carbonyl (C=O) groups excluding carboxylic acids is 1. The molecule has 0 bridgehead atoms. The Hall–Kier alpha value is -1.04. The molecular weight excluding hydrogens is 200 g/mol. The highest BCUT2D eigenvalue weighted by molar-refractivity contribution is 5.76. The summed E-state index contributed by atoms with van der Waals surface area (Å²) in [6.07, 6.45) is 9.48. The number of amides is 1. The van der Waals surface area contributed by atoms with Gasteiger partial charge in [-0.2, -0.15) is 5.26 Å². The molecule has 1 amide bonds. The zero-order chi connectivity index (χ0) is 11.6. The first kappa shape index (κ1) is 13.0. The number of hydrogen-bond acceptors (Lipinski definition) is 2. The van der Waals surface area contributed by atoms with Crippen molar-refractivity contribution in [2.45, 2.75) is 57.8 Å². The van der Waals surface area contributed by atoms with Crippen molar-refractivity contribution in [2.75, 3.05) is 6.54 Å². The van der Waals surface area contributed by atoms with Gasteiger partial charge in [-0.3, -0.25) is 4.79 Å². The summed E-state index contributed by atoms with van der Waals surface area (Å²) in [4.78, 5) is 11.6. The average molecular weight is 222 g/mol. The summed E-state index contributed by atoms with van der Waals surface area (Å²) in [5, 5.41) is 11.3. The third-order valence-electron chi connectivity index (χ3n) is 3.24. The Bertz CT molecular complexity index is 239. The van der Waals surface area contributed by atoms with E-state index in [2.05, 4.69) is 11.4 Å². The standard InChI is InChI=1S/C13H22N2O/c14-9-5-2-6-10-15-13(16)11-12-7-3-1-4-8-12/h12H,1-8,10-11H2,(H,15,16). The third-order valence-corrected chi connectivity index (χ3v) is 3.24. The predicted octanol–water partition coefficient (Wildman–Crippen LogP) is 2.77. The minimum atomic E-state index is 0.198. The quantitative estimate of drug-likeness (QED) is 0.702. The van der Waals surface area contributed by atoms with Crippen LogP contribution in [-0.4, -0.2) is 12.5 Å². The van der Waals surface area contributed by atoms with Gasteiger partial charge in [0.1, 0.15) is 0 Å². The fourth-order valence-electron chi connectivity index (χ4n) is 2.28. The van der Waals surface area contributed by atoms with Crippen LogP contribution in [0.5, 0.6) is 0 Å². The summed E-state index contributed by atoms with van der Waals surface area (Å²) in [6.45, 7) is 0.729. The van der Waals surface area contributed by atoms with Crippen molar-refractivity contribution >= 4 is 5.91 Å². The fourth-order valence-corrected chi connectivity index (χ4v) is 2.28. The molecule has 1 N–H and O–H groups in total. The van der Waals surface area contributed by atoms with E-state index in [0.717, 1.165) is 19.4 Å². The Labute approximate surface area is 98.2 Å². The largest absolute Gasteiger partial charge is 0.356 e. The molecule has 0 spiro atoms. The van der Waals surface area contributed by atoms with E-state index in [9.17, 15) is 4.79 Å². The molecule has 3 nitrogen and oxygen atoms in total. The second kappa shape index (κ2) is 8.15. The zero-order valence-corrected chi connectivity index (χ0v) is 10.0.